The molecule has 0 fully saturated rings. The van der Waals surface area contributed by atoms with E-state index in [9.17, 15) is 18.0 Å². The maximum absolute atomic E-state index is 13.3. The van der Waals surface area contributed by atoms with Gasteiger partial charge in [0.15, 0.2) is 0 Å². The van der Waals surface area contributed by atoms with E-state index in [0.717, 1.165) is 11.1 Å². The summed E-state index contributed by atoms with van der Waals surface area (Å²) in [5.74, 6) is -0.551. The molecule has 41 heavy (non-hydrogen) atoms. The Balaban J connectivity index is 1.51. The lowest BCUT2D eigenvalue weighted by molar-refractivity contribution is -0.146. The van der Waals surface area contributed by atoms with Gasteiger partial charge in [0.1, 0.15) is 18.4 Å². The molecular weight excluding hydrogens is 540 g/mol. The third-order valence-electron chi connectivity index (χ3n) is 6.35. The number of amides is 1. The van der Waals surface area contributed by atoms with Crippen molar-refractivity contribution >= 4 is 21.9 Å². The molecule has 2 atom stereocenters. The monoisotopic (exact) mass is 572 g/mol. The van der Waals surface area contributed by atoms with Crippen LogP contribution in [0.4, 0.5) is 0 Å². The zero-order chi connectivity index (χ0) is 29.1. The van der Waals surface area contributed by atoms with Crippen LogP contribution in [0.3, 0.4) is 0 Å². The summed E-state index contributed by atoms with van der Waals surface area (Å²) in [5.41, 5.74) is 2.11. The van der Waals surface area contributed by atoms with Gasteiger partial charge >= 0.3 is 5.97 Å². The molecule has 2 N–H and O–H groups in total. The summed E-state index contributed by atoms with van der Waals surface area (Å²) in [7, 11) is -2.44. The van der Waals surface area contributed by atoms with E-state index in [1.165, 1.54) is 19.2 Å². The third-order valence-corrected chi connectivity index (χ3v) is 7.89. The van der Waals surface area contributed by atoms with Gasteiger partial charge in [-0.3, -0.25) is 4.79 Å². The van der Waals surface area contributed by atoms with Crippen molar-refractivity contribution in [2.45, 2.75) is 29.8 Å². The van der Waals surface area contributed by atoms with Crippen molar-refractivity contribution in [1.29, 1.82) is 0 Å². The Kier molecular flexibility index (Phi) is 10.3. The topological polar surface area (TPSA) is 111 Å². The van der Waals surface area contributed by atoms with E-state index < -0.39 is 34.0 Å². The summed E-state index contributed by atoms with van der Waals surface area (Å²) in [6.07, 6.45) is 0.488. The minimum Gasteiger partial charge on any atom is -0.497 e. The van der Waals surface area contributed by atoms with Crippen LogP contribution in [0.15, 0.2) is 120 Å². The van der Waals surface area contributed by atoms with Crippen LogP contribution in [-0.4, -0.2) is 46.1 Å². The average molecular weight is 573 g/mol. The fraction of sp³-hybridized carbons (Fsp3) is 0.188. The first kappa shape index (κ1) is 29.5. The predicted molar refractivity (Wildman–Crippen MR) is 156 cm³/mol. The summed E-state index contributed by atoms with van der Waals surface area (Å²) in [6.45, 7) is -0.240. The molecule has 0 saturated carbocycles. The van der Waals surface area contributed by atoms with Crippen molar-refractivity contribution in [1.82, 2.24) is 10.0 Å². The van der Waals surface area contributed by atoms with Gasteiger partial charge in [-0.25, -0.2) is 17.9 Å². The number of esters is 1. The Morgan fingerprint density at radius 2 is 1.27 bits per heavy atom. The highest BCUT2D eigenvalue weighted by molar-refractivity contribution is 7.89. The first-order valence-electron chi connectivity index (χ1n) is 13.1. The Morgan fingerprint density at radius 3 is 1.83 bits per heavy atom. The number of carbonyl (C=O) groups is 2. The largest absolute Gasteiger partial charge is 0.497 e. The van der Waals surface area contributed by atoms with Crippen molar-refractivity contribution < 1.29 is 27.5 Å². The summed E-state index contributed by atoms with van der Waals surface area (Å²) >= 11 is 0. The van der Waals surface area contributed by atoms with Crippen LogP contribution < -0.4 is 14.8 Å². The zero-order valence-electron chi connectivity index (χ0n) is 22.6. The molecular formula is C32H32N2O6S. The SMILES string of the molecule is COc1ccc(S(=O)(=O)N[C@@H](COC(=O)[C@@H](Cc2ccccc2)NC(=O)c2ccccc2)Cc2ccccc2)cc1. The molecule has 0 spiro atoms. The number of sulfonamides is 1. The Morgan fingerprint density at radius 1 is 0.732 bits per heavy atom. The fourth-order valence-electron chi connectivity index (χ4n) is 4.23. The van der Waals surface area contributed by atoms with Crippen LogP contribution in [0.1, 0.15) is 21.5 Å². The second-order valence-corrected chi connectivity index (χ2v) is 11.1. The van der Waals surface area contributed by atoms with Gasteiger partial charge in [-0.2, -0.15) is 0 Å². The van der Waals surface area contributed by atoms with Gasteiger partial charge in [-0.1, -0.05) is 78.9 Å². The molecule has 0 heterocycles. The normalized spacial score (nSPS) is 12.6. The van der Waals surface area contributed by atoms with Gasteiger partial charge in [-0.05, 0) is 53.9 Å². The van der Waals surface area contributed by atoms with E-state index in [4.69, 9.17) is 9.47 Å². The number of hydrogen-bond acceptors (Lipinski definition) is 6. The summed E-state index contributed by atoms with van der Waals surface area (Å²) in [5, 5.41) is 2.78. The van der Waals surface area contributed by atoms with Gasteiger partial charge in [0, 0.05) is 12.0 Å². The first-order chi connectivity index (χ1) is 19.8. The quantitative estimate of drug-likeness (QED) is 0.233. The number of benzene rings is 4. The van der Waals surface area contributed by atoms with Crippen LogP contribution >= 0.6 is 0 Å². The predicted octanol–water partition coefficient (Wildman–Crippen LogP) is 4.17. The second-order valence-electron chi connectivity index (χ2n) is 9.40. The number of carbonyl (C=O) groups excluding carboxylic acids is 2. The molecule has 0 aliphatic carbocycles. The lowest BCUT2D eigenvalue weighted by atomic mass is 10.1. The summed E-state index contributed by atoms with van der Waals surface area (Å²) in [6, 6.07) is 31.4. The molecule has 0 saturated heterocycles. The maximum atomic E-state index is 13.3. The maximum Gasteiger partial charge on any atom is 0.329 e. The lowest BCUT2D eigenvalue weighted by Crippen LogP contribution is -2.46. The average Bonchev–Trinajstić information content (AvgIpc) is 3.00. The van der Waals surface area contributed by atoms with E-state index in [0.29, 0.717) is 11.3 Å². The highest BCUT2D eigenvalue weighted by atomic mass is 32.2. The Hall–Kier alpha value is -4.47. The second kappa shape index (κ2) is 14.2. The molecule has 0 radical (unpaired) electrons. The number of ether oxygens (including phenoxy) is 2. The van der Waals surface area contributed by atoms with Gasteiger partial charge in [0.25, 0.3) is 5.91 Å². The minimum atomic E-state index is -3.94. The fourth-order valence-corrected chi connectivity index (χ4v) is 5.45. The van der Waals surface area contributed by atoms with E-state index in [1.807, 2.05) is 60.7 Å². The molecule has 0 unspecified atom stereocenters. The Bertz CT molecular complexity index is 1510. The van der Waals surface area contributed by atoms with Gasteiger partial charge in [0.05, 0.1) is 18.0 Å². The number of hydrogen-bond donors (Lipinski definition) is 2. The standard InChI is InChI=1S/C32H32N2O6S/c1-39-28-17-19-29(20-18-28)41(37,38)34-27(21-24-11-5-2-6-12-24)23-40-32(36)30(22-25-13-7-3-8-14-25)33-31(35)26-15-9-4-10-16-26/h2-20,27,30,34H,21-23H2,1H3,(H,33,35)/t27-,30-/m1/s1. The van der Waals surface area contributed by atoms with E-state index >= 15 is 0 Å². The molecule has 0 aromatic heterocycles. The van der Waals surface area contributed by atoms with Crippen LogP contribution in [0, 0.1) is 0 Å². The molecule has 0 bridgehead atoms. The minimum absolute atomic E-state index is 0.0553. The van der Waals surface area contributed by atoms with Crippen LogP contribution in [-0.2, 0) is 32.4 Å². The zero-order valence-corrected chi connectivity index (χ0v) is 23.4. The smallest absolute Gasteiger partial charge is 0.329 e. The Labute approximate surface area is 240 Å². The molecule has 0 aliphatic heterocycles. The van der Waals surface area contributed by atoms with Crippen molar-refractivity contribution in [3.8, 4) is 5.75 Å². The van der Waals surface area contributed by atoms with E-state index in [1.54, 1.807) is 42.5 Å². The molecule has 4 rings (SSSR count). The highest BCUT2D eigenvalue weighted by Gasteiger charge is 2.27. The molecule has 0 aliphatic rings. The van der Waals surface area contributed by atoms with Crippen LogP contribution in [0.5, 0.6) is 5.75 Å². The number of methoxy groups -OCH3 is 1. The van der Waals surface area contributed by atoms with Crippen molar-refractivity contribution in [2.24, 2.45) is 0 Å². The van der Waals surface area contributed by atoms with Gasteiger partial charge < -0.3 is 14.8 Å². The highest BCUT2D eigenvalue weighted by Crippen LogP contribution is 2.17. The summed E-state index contributed by atoms with van der Waals surface area (Å²) in [4.78, 5) is 26.3. The van der Waals surface area contributed by atoms with E-state index in [-0.39, 0.29) is 24.3 Å². The number of nitrogens with one attached hydrogen (secondary N) is 2. The van der Waals surface area contributed by atoms with Gasteiger partial charge in [-0.15, -0.1) is 0 Å². The molecule has 4 aromatic rings. The molecule has 9 heteroatoms. The first-order valence-corrected chi connectivity index (χ1v) is 14.6. The van der Waals surface area contributed by atoms with Crippen molar-refractivity contribution in [3.63, 3.8) is 0 Å². The summed E-state index contributed by atoms with van der Waals surface area (Å²) < 4.78 is 39.9. The molecule has 1 amide bonds. The van der Waals surface area contributed by atoms with E-state index in [2.05, 4.69) is 10.0 Å². The van der Waals surface area contributed by atoms with Crippen LogP contribution in [0.2, 0.25) is 0 Å². The molecule has 4 aromatic carbocycles. The van der Waals surface area contributed by atoms with Crippen LogP contribution in [0.25, 0.3) is 0 Å². The van der Waals surface area contributed by atoms with Crippen molar-refractivity contribution in [3.05, 3.63) is 132 Å². The molecule has 212 valence electrons. The lowest BCUT2D eigenvalue weighted by Gasteiger charge is -2.22. The van der Waals surface area contributed by atoms with Crippen molar-refractivity contribution in [2.75, 3.05) is 13.7 Å². The third kappa shape index (κ3) is 8.76. The number of rotatable bonds is 13. The molecule has 8 nitrogen and oxygen atoms in total. The van der Waals surface area contributed by atoms with Gasteiger partial charge in [0.2, 0.25) is 10.0 Å².